The molecule has 0 unspecified atom stereocenters. The lowest BCUT2D eigenvalue weighted by molar-refractivity contribution is -0.137. The van der Waals surface area contributed by atoms with Crippen LogP contribution in [0.25, 0.3) is 11.4 Å². The van der Waals surface area contributed by atoms with Gasteiger partial charge < -0.3 is 0 Å². The van der Waals surface area contributed by atoms with E-state index in [0.29, 0.717) is 12.0 Å². The summed E-state index contributed by atoms with van der Waals surface area (Å²) in [6, 6.07) is 4.74. The molecule has 112 valence electrons. The number of aromatic nitrogens is 2. The van der Waals surface area contributed by atoms with E-state index in [1.54, 1.807) is 0 Å². The third-order valence-electron chi connectivity index (χ3n) is 2.85. The number of hydrogen-bond acceptors (Lipinski definition) is 2. The van der Waals surface area contributed by atoms with E-state index in [2.05, 4.69) is 9.97 Å². The van der Waals surface area contributed by atoms with Crippen LogP contribution >= 0.6 is 23.2 Å². The Morgan fingerprint density at radius 2 is 1.71 bits per heavy atom. The predicted octanol–water partition coefficient (Wildman–Crippen LogP) is 5.42. The second-order valence-electron chi connectivity index (χ2n) is 4.44. The van der Waals surface area contributed by atoms with Crippen LogP contribution in [0.1, 0.15) is 24.5 Å². The van der Waals surface area contributed by atoms with E-state index in [0.717, 1.165) is 18.6 Å². The van der Waals surface area contributed by atoms with Crippen LogP contribution in [0.15, 0.2) is 24.3 Å². The molecule has 0 fully saturated rings. The molecule has 0 saturated heterocycles. The lowest BCUT2D eigenvalue weighted by Gasteiger charge is -2.10. The van der Waals surface area contributed by atoms with Gasteiger partial charge in [-0.25, -0.2) is 9.97 Å². The van der Waals surface area contributed by atoms with E-state index in [1.807, 2.05) is 6.92 Å². The SMILES string of the molecule is CCCc1c(Cl)nc(-c2cccc(C(F)(F)F)c2)nc1Cl. The monoisotopic (exact) mass is 334 g/mol. The van der Waals surface area contributed by atoms with Gasteiger partial charge in [-0.05, 0) is 18.6 Å². The van der Waals surface area contributed by atoms with Gasteiger partial charge in [-0.2, -0.15) is 13.2 Å². The fraction of sp³-hybridized carbons (Fsp3) is 0.286. The Kier molecular flexibility index (Phi) is 4.74. The molecule has 2 rings (SSSR count). The van der Waals surface area contributed by atoms with Gasteiger partial charge in [0.05, 0.1) is 5.56 Å². The summed E-state index contributed by atoms with van der Waals surface area (Å²) in [6.45, 7) is 1.95. The molecule has 2 nitrogen and oxygen atoms in total. The summed E-state index contributed by atoms with van der Waals surface area (Å²) in [5, 5.41) is 0.341. The molecule has 0 amide bonds. The third kappa shape index (κ3) is 3.66. The van der Waals surface area contributed by atoms with Crippen molar-refractivity contribution in [2.24, 2.45) is 0 Å². The van der Waals surface area contributed by atoms with E-state index < -0.39 is 11.7 Å². The Hall–Kier alpha value is -1.33. The first-order valence-electron chi connectivity index (χ1n) is 6.22. The molecule has 0 N–H and O–H groups in total. The predicted molar refractivity (Wildman–Crippen MR) is 76.5 cm³/mol. The van der Waals surface area contributed by atoms with E-state index in [1.165, 1.54) is 12.1 Å². The summed E-state index contributed by atoms with van der Waals surface area (Å²) in [7, 11) is 0. The van der Waals surface area contributed by atoms with Gasteiger partial charge in [0.2, 0.25) is 0 Å². The number of nitrogens with zero attached hydrogens (tertiary/aromatic N) is 2. The van der Waals surface area contributed by atoms with Crippen LogP contribution in [0, 0.1) is 0 Å². The molecule has 1 heterocycles. The van der Waals surface area contributed by atoms with E-state index in [-0.39, 0.29) is 21.7 Å². The number of halogens is 5. The van der Waals surface area contributed by atoms with Gasteiger partial charge in [-0.1, -0.05) is 48.7 Å². The van der Waals surface area contributed by atoms with Gasteiger partial charge in [-0.15, -0.1) is 0 Å². The maximum atomic E-state index is 12.7. The molecule has 0 bridgehead atoms. The van der Waals surface area contributed by atoms with Crippen molar-refractivity contribution in [2.45, 2.75) is 25.9 Å². The fourth-order valence-corrected chi connectivity index (χ4v) is 2.43. The first-order valence-corrected chi connectivity index (χ1v) is 6.98. The number of alkyl halides is 3. The van der Waals surface area contributed by atoms with Gasteiger partial charge in [0.15, 0.2) is 5.82 Å². The number of rotatable bonds is 3. The quantitative estimate of drug-likeness (QED) is 0.700. The molecule has 2 aromatic rings. The van der Waals surface area contributed by atoms with Crippen LogP contribution in [0.2, 0.25) is 10.3 Å². The lowest BCUT2D eigenvalue weighted by Crippen LogP contribution is -2.05. The average Bonchev–Trinajstić information content (AvgIpc) is 2.42. The number of benzene rings is 1. The van der Waals surface area contributed by atoms with Crippen LogP contribution in [-0.2, 0) is 12.6 Å². The minimum Gasteiger partial charge on any atom is -0.216 e. The van der Waals surface area contributed by atoms with Crippen molar-refractivity contribution in [1.82, 2.24) is 9.97 Å². The average molecular weight is 335 g/mol. The minimum absolute atomic E-state index is 0.0796. The molecule has 21 heavy (non-hydrogen) atoms. The highest BCUT2D eigenvalue weighted by atomic mass is 35.5. The van der Waals surface area contributed by atoms with Crippen molar-refractivity contribution in [2.75, 3.05) is 0 Å². The first-order chi connectivity index (χ1) is 9.82. The Labute approximate surface area is 129 Å². The lowest BCUT2D eigenvalue weighted by atomic mass is 10.1. The molecule has 1 aromatic carbocycles. The minimum atomic E-state index is -4.42. The molecule has 0 aliphatic rings. The van der Waals surface area contributed by atoms with Crippen LogP contribution in [0.5, 0.6) is 0 Å². The van der Waals surface area contributed by atoms with E-state index >= 15 is 0 Å². The Bertz CT molecular complexity index is 634. The largest absolute Gasteiger partial charge is 0.416 e. The van der Waals surface area contributed by atoms with Crippen LogP contribution in [0.3, 0.4) is 0 Å². The van der Waals surface area contributed by atoms with Crippen molar-refractivity contribution in [3.8, 4) is 11.4 Å². The van der Waals surface area contributed by atoms with Crippen LogP contribution in [-0.4, -0.2) is 9.97 Å². The van der Waals surface area contributed by atoms with E-state index in [9.17, 15) is 13.2 Å². The molecule has 0 spiro atoms. The summed E-state index contributed by atoms with van der Waals surface area (Å²) < 4.78 is 38.1. The van der Waals surface area contributed by atoms with Crippen LogP contribution in [0.4, 0.5) is 13.2 Å². The van der Waals surface area contributed by atoms with Crippen molar-refractivity contribution in [3.05, 3.63) is 45.7 Å². The fourth-order valence-electron chi connectivity index (χ4n) is 1.85. The maximum Gasteiger partial charge on any atom is 0.416 e. The smallest absolute Gasteiger partial charge is 0.216 e. The Morgan fingerprint density at radius 3 is 2.24 bits per heavy atom. The topological polar surface area (TPSA) is 25.8 Å². The number of hydrogen-bond donors (Lipinski definition) is 0. The third-order valence-corrected chi connectivity index (χ3v) is 3.48. The molecular weight excluding hydrogens is 324 g/mol. The van der Waals surface area contributed by atoms with Gasteiger partial charge >= 0.3 is 6.18 Å². The van der Waals surface area contributed by atoms with Gasteiger partial charge in [0.1, 0.15) is 10.3 Å². The highest BCUT2D eigenvalue weighted by molar-refractivity contribution is 6.34. The molecule has 1 aromatic heterocycles. The molecular formula is C14H11Cl2F3N2. The maximum absolute atomic E-state index is 12.7. The Balaban J connectivity index is 2.48. The second-order valence-corrected chi connectivity index (χ2v) is 5.15. The first kappa shape index (κ1) is 16.0. The highest BCUT2D eigenvalue weighted by Gasteiger charge is 2.30. The molecule has 0 saturated carbocycles. The summed E-state index contributed by atoms with van der Waals surface area (Å²) in [5.74, 6) is 0.0796. The molecule has 0 atom stereocenters. The zero-order valence-electron chi connectivity index (χ0n) is 11.0. The van der Waals surface area contributed by atoms with Crippen molar-refractivity contribution in [1.29, 1.82) is 0 Å². The summed E-state index contributed by atoms with van der Waals surface area (Å²) in [5.41, 5.74) is 0.0571. The molecule has 0 aliphatic heterocycles. The van der Waals surface area contributed by atoms with Crippen molar-refractivity contribution < 1.29 is 13.2 Å². The normalized spacial score (nSPS) is 11.7. The molecule has 0 radical (unpaired) electrons. The molecule has 0 aliphatic carbocycles. The highest BCUT2D eigenvalue weighted by Crippen LogP contribution is 2.32. The van der Waals surface area contributed by atoms with Gasteiger partial charge in [0.25, 0.3) is 0 Å². The standard InChI is InChI=1S/C14H11Cl2F3N2/c1-2-4-10-11(15)20-13(21-12(10)16)8-5-3-6-9(7-8)14(17,18)19/h3,5-7H,2,4H2,1H3. The van der Waals surface area contributed by atoms with Crippen LogP contribution < -0.4 is 0 Å². The zero-order chi connectivity index (χ0) is 15.6. The van der Waals surface area contributed by atoms with Gasteiger partial charge in [0, 0.05) is 11.1 Å². The van der Waals surface area contributed by atoms with Crippen molar-refractivity contribution >= 4 is 23.2 Å². The van der Waals surface area contributed by atoms with Gasteiger partial charge in [-0.3, -0.25) is 0 Å². The second kappa shape index (κ2) is 6.20. The van der Waals surface area contributed by atoms with E-state index in [4.69, 9.17) is 23.2 Å². The zero-order valence-corrected chi connectivity index (χ0v) is 12.5. The summed E-state index contributed by atoms with van der Waals surface area (Å²) >= 11 is 12.1. The molecule has 7 heteroatoms. The summed E-state index contributed by atoms with van der Waals surface area (Å²) in [6.07, 6.45) is -3.00. The summed E-state index contributed by atoms with van der Waals surface area (Å²) in [4.78, 5) is 8.10. The Morgan fingerprint density at radius 1 is 1.10 bits per heavy atom. The van der Waals surface area contributed by atoms with Crippen molar-refractivity contribution in [3.63, 3.8) is 0 Å².